The van der Waals surface area contributed by atoms with Gasteiger partial charge < -0.3 is 10.1 Å². The van der Waals surface area contributed by atoms with Crippen LogP contribution in [0.4, 0.5) is 5.69 Å². The fraction of sp³-hybridized carbons (Fsp3) is 0.556. The summed E-state index contributed by atoms with van der Waals surface area (Å²) in [5.41, 5.74) is 1.30. The van der Waals surface area contributed by atoms with E-state index in [-0.39, 0.29) is 17.7 Å². The third-order valence-corrected chi connectivity index (χ3v) is 4.20. The van der Waals surface area contributed by atoms with Crippen molar-refractivity contribution in [3.63, 3.8) is 0 Å². The van der Waals surface area contributed by atoms with Crippen molar-refractivity contribution in [2.24, 2.45) is 5.41 Å². The molecule has 1 amide bonds. The number of amides is 1. The van der Waals surface area contributed by atoms with Gasteiger partial charge in [0.1, 0.15) is 0 Å². The van der Waals surface area contributed by atoms with Crippen LogP contribution in [0.3, 0.4) is 0 Å². The molecule has 4 nitrogen and oxygen atoms in total. The second kappa shape index (κ2) is 6.50. The van der Waals surface area contributed by atoms with Crippen LogP contribution in [-0.4, -0.2) is 19.1 Å². The topological polar surface area (TPSA) is 62.1 Å². The summed E-state index contributed by atoms with van der Waals surface area (Å²) in [5, 5.41) is 12.4. The summed E-state index contributed by atoms with van der Waals surface area (Å²) < 4.78 is 5.31. The Labute approximate surface area is 132 Å². The minimum Gasteiger partial charge on any atom is -0.381 e. The van der Waals surface area contributed by atoms with Gasteiger partial charge in [-0.15, -0.1) is 0 Å². The van der Waals surface area contributed by atoms with E-state index in [9.17, 15) is 10.1 Å². The third-order valence-electron chi connectivity index (χ3n) is 4.20. The van der Waals surface area contributed by atoms with Gasteiger partial charge in [0, 0.05) is 25.3 Å². The molecule has 0 saturated carbocycles. The van der Waals surface area contributed by atoms with Gasteiger partial charge in [-0.05, 0) is 29.9 Å². The van der Waals surface area contributed by atoms with Gasteiger partial charge >= 0.3 is 0 Å². The van der Waals surface area contributed by atoms with Gasteiger partial charge in [0.05, 0.1) is 11.5 Å². The largest absolute Gasteiger partial charge is 0.381 e. The minimum absolute atomic E-state index is 0.0462. The van der Waals surface area contributed by atoms with Crippen LogP contribution in [0.1, 0.15) is 45.6 Å². The predicted octanol–water partition coefficient (Wildman–Crippen LogP) is 3.63. The van der Waals surface area contributed by atoms with Crippen LogP contribution in [0.5, 0.6) is 0 Å². The zero-order valence-electron chi connectivity index (χ0n) is 13.6. The van der Waals surface area contributed by atoms with Crippen LogP contribution in [-0.2, 0) is 14.9 Å². The predicted molar refractivity (Wildman–Crippen MR) is 86.5 cm³/mol. The molecule has 0 atom stereocenters. The van der Waals surface area contributed by atoms with Gasteiger partial charge in [0.2, 0.25) is 5.91 Å². The van der Waals surface area contributed by atoms with Crippen LogP contribution in [0.25, 0.3) is 0 Å². The number of anilines is 1. The average molecular weight is 300 g/mol. The number of nitrogens with one attached hydrogen (secondary N) is 1. The Morgan fingerprint density at radius 1 is 1.32 bits per heavy atom. The van der Waals surface area contributed by atoms with Crippen molar-refractivity contribution < 1.29 is 9.53 Å². The number of nitrogens with zero attached hydrogens (tertiary/aromatic N) is 1. The lowest BCUT2D eigenvalue weighted by molar-refractivity contribution is -0.118. The number of ether oxygens (including phenoxy) is 1. The Kier molecular flexibility index (Phi) is 4.87. The van der Waals surface area contributed by atoms with E-state index in [1.807, 2.05) is 24.3 Å². The number of hydrogen-bond acceptors (Lipinski definition) is 3. The van der Waals surface area contributed by atoms with Crippen molar-refractivity contribution in [2.45, 2.75) is 45.4 Å². The summed E-state index contributed by atoms with van der Waals surface area (Å²) >= 11 is 0. The number of rotatable bonds is 3. The molecular weight excluding hydrogens is 276 g/mol. The van der Waals surface area contributed by atoms with E-state index in [1.165, 1.54) is 0 Å². The highest BCUT2D eigenvalue weighted by Crippen LogP contribution is 2.34. The minimum atomic E-state index is -0.584. The lowest BCUT2D eigenvalue weighted by Gasteiger charge is -2.30. The first-order valence-corrected chi connectivity index (χ1v) is 7.75. The van der Waals surface area contributed by atoms with E-state index in [0.29, 0.717) is 26.1 Å². The first-order chi connectivity index (χ1) is 10.4. The number of carbonyl (C=O) groups excluding carboxylic acids is 1. The maximum absolute atomic E-state index is 12.4. The summed E-state index contributed by atoms with van der Waals surface area (Å²) in [4.78, 5) is 12.4. The number of carbonyl (C=O) groups is 1. The van der Waals surface area contributed by atoms with Crippen LogP contribution in [0.15, 0.2) is 24.3 Å². The fourth-order valence-corrected chi connectivity index (χ4v) is 2.84. The Morgan fingerprint density at radius 3 is 2.55 bits per heavy atom. The van der Waals surface area contributed by atoms with Crippen LogP contribution >= 0.6 is 0 Å². The van der Waals surface area contributed by atoms with Gasteiger partial charge in [-0.25, -0.2) is 0 Å². The number of hydrogen-bond donors (Lipinski definition) is 1. The first kappa shape index (κ1) is 16.5. The molecule has 22 heavy (non-hydrogen) atoms. The Morgan fingerprint density at radius 2 is 1.95 bits per heavy atom. The molecule has 0 aliphatic carbocycles. The molecule has 118 valence electrons. The second-order valence-corrected chi connectivity index (χ2v) is 7.03. The van der Waals surface area contributed by atoms with Crippen molar-refractivity contribution >= 4 is 11.6 Å². The van der Waals surface area contributed by atoms with E-state index < -0.39 is 5.41 Å². The van der Waals surface area contributed by atoms with Crippen LogP contribution < -0.4 is 5.32 Å². The van der Waals surface area contributed by atoms with Gasteiger partial charge in [-0.2, -0.15) is 5.26 Å². The molecule has 1 heterocycles. The molecule has 1 aromatic carbocycles. The molecule has 1 aliphatic rings. The normalized spacial score (nSPS) is 17.5. The molecule has 0 unspecified atom stereocenters. The molecular formula is C18H24N2O2. The lowest BCUT2D eigenvalue weighted by atomic mass is 9.78. The van der Waals surface area contributed by atoms with E-state index in [1.54, 1.807) is 0 Å². The van der Waals surface area contributed by atoms with Crippen molar-refractivity contribution in [1.82, 2.24) is 0 Å². The highest BCUT2D eigenvalue weighted by molar-refractivity contribution is 5.92. The molecule has 0 bridgehead atoms. The van der Waals surface area contributed by atoms with Gasteiger partial charge in [0.15, 0.2) is 0 Å². The molecule has 2 rings (SSSR count). The fourth-order valence-electron chi connectivity index (χ4n) is 2.84. The summed E-state index contributed by atoms with van der Waals surface area (Å²) in [5.74, 6) is -0.0971. The average Bonchev–Trinajstić information content (AvgIpc) is 2.47. The first-order valence-electron chi connectivity index (χ1n) is 7.75. The summed E-state index contributed by atoms with van der Waals surface area (Å²) in [6, 6.07) is 10.2. The van der Waals surface area contributed by atoms with Gasteiger partial charge in [0.25, 0.3) is 0 Å². The number of nitriles is 1. The maximum Gasteiger partial charge on any atom is 0.225 e. The number of para-hydroxylation sites is 1. The summed E-state index contributed by atoms with van der Waals surface area (Å²) in [6.45, 7) is 7.46. The molecule has 1 aromatic rings. The Hall–Kier alpha value is -1.86. The summed E-state index contributed by atoms with van der Waals surface area (Å²) in [6.07, 6.45) is 1.47. The van der Waals surface area contributed by atoms with E-state index in [2.05, 4.69) is 32.2 Å². The third kappa shape index (κ3) is 3.86. The molecule has 0 radical (unpaired) electrons. The van der Waals surface area contributed by atoms with Crippen molar-refractivity contribution in [1.29, 1.82) is 5.26 Å². The van der Waals surface area contributed by atoms with Crippen molar-refractivity contribution in [2.75, 3.05) is 18.5 Å². The monoisotopic (exact) mass is 300 g/mol. The van der Waals surface area contributed by atoms with E-state index in [0.717, 1.165) is 11.3 Å². The highest BCUT2D eigenvalue weighted by Gasteiger charge is 2.35. The molecule has 4 heteroatoms. The quantitative estimate of drug-likeness (QED) is 0.927. The highest BCUT2D eigenvalue weighted by atomic mass is 16.5. The zero-order valence-corrected chi connectivity index (χ0v) is 13.6. The molecule has 0 aromatic heterocycles. The van der Waals surface area contributed by atoms with Crippen molar-refractivity contribution in [3.8, 4) is 6.07 Å². The van der Waals surface area contributed by atoms with Crippen LogP contribution in [0, 0.1) is 16.7 Å². The number of benzene rings is 1. The lowest BCUT2D eigenvalue weighted by Crippen LogP contribution is -2.32. The smallest absolute Gasteiger partial charge is 0.225 e. The SMILES string of the molecule is CC(C)(C)c1ccccc1NC(=O)CC1(C#N)CCOCC1. The molecule has 1 fully saturated rings. The summed E-state index contributed by atoms with van der Waals surface area (Å²) in [7, 11) is 0. The van der Waals surface area contributed by atoms with Gasteiger partial charge in [-0.3, -0.25) is 4.79 Å². The molecule has 1 N–H and O–H groups in total. The second-order valence-electron chi connectivity index (χ2n) is 7.03. The Balaban J connectivity index is 2.11. The Bertz CT molecular complexity index is 575. The van der Waals surface area contributed by atoms with Crippen molar-refractivity contribution in [3.05, 3.63) is 29.8 Å². The molecule has 0 spiro atoms. The standard InChI is InChI=1S/C18H24N2O2/c1-17(2,3)14-6-4-5-7-15(14)20-16(21)12-18(13-19)8-10-22-11-9-18/h4-7H,8-12H2,1-3H3,(H,20,21). The molecule has 1 saturated heterocycles. The maximum atomic E-state index is 12.4. The van der Waals surface area contributed by atoms with Gasteiger partial charge in [-0.1, -0.05) is 39.0 Å². The van der Waals surface area contributed by atoms with E-state index in [4.69, 9.17) is 4.74 Å². The van der Waals surface area contributed by atoms with Crippen LogP contribution in [0.2, 0.25) is 0 Å². The zero-order chi connectivity index (χ0) is 16.2. The van der Waals surface area contributed by atoms with E-state index >= 15 is 0 Å². The molecule has 1 aliphatic heterocycles.